The van der Waals surface area contributed by atoms with E-state index in [1.165, 1.54) is 10.8 Å². The number of aromatic nitrogens is 4. The summed E-state index contributed by atoms with van der Waals surface area (Å²) < 4.78 is 6.61. The second kappa shape index (κ2) is 11.7. The van der Waals surface area contributed by atoms with Gasteiger partial charge in [0.2, 0.25) is 0 Å². The number of rotatable bonds is 4. The number of hydrogen-bond donors (Lipinski definition) is 0. The molecule has 246 valence electrons. The Kier molecular flexibility index (Phi) is 6.48. The fourth-order valence-corrected chi connectivity index (χ4v) is 7.93. The summed E-state index contributed by atoms with van der Waals surface area (Å²) in [6, 6.07) is 56.7. The smallest absolute Gasteiger partial charge is 0.164 e. The molecule has 0 unspecified atom stereocenters. The van der Waals surface area contributed by atoms with Crippen LogP contribution in [0.4, 0.5) is 0 Å². The molecular formula is C48H28N4O. The van der Waals surface area contributed by atoms with Gasteiger partial charge in [-0.15, -0.1) is 0 Å². The molecule has 5 nitrogen and oxygen atoms in total. The van der Waals surface area contributed by atoms with Crippen molar-refractivity contribution in [1.29, 1.82) is 0 Å². The maximum atomic E-state index is 6.61. The lowest BCUT2D eigenvalue weighted by Gasteiger charge is -2.14. The van der Waals surface area contributed by atoms with Gasteiger partial charge in [-0.05, 0) is 72.9 Å². The molecule has 0 aliphatic heterocycles. The van der Waals surface area contributed by atoms with E-state index in [0.717, 1.165) is 82.2 Å². The van der Waals surface area contributed by atoms with Crippen molar-refractivity contribution in [3.63, 3.8) is 0 Å². The molecule has 11 aromatic rings. The van der Waals surface area contributed by atoms with Crippen LogP contribution in [0.2, 0.25) is 0 Å². The molecule has 0 saturated heterocycles. The minimum atomic E-state index is 0.615. The van der Waals surface area contributed by atoms with Crippen LogP contribution in [0.15, 0.2) is 174 Å². The molecule has 0 bridgehead atoms. The molecule has 8 aromatic carbocycles. The van der Waals surface area contributed by atoms with Crippen molar-refractivity contribution in [3.8, 4) is 45.3 Å². The van der Waals surface area contributed by atoms with Gasteiger partial charge in [-0.25, -0.2) is 15.0 Å². The molecule has 0 aliphatic carbocycles. The number of hydrogen-bond acceptors (Lipinski definition) is 5. The Morgan fingerprint density at radius 1 is 0.377 bits per heavy atom. The van der Waals surface area contributed by atoms with Crippen LogP contribution in [0.1, 0.15) is 0 Å². The molecular weight excluding hydrogens is 649 g/mol. The minimum absolute atomic E-state index is 0.615. The van der Waals surface area contributed by atoms with Gasteiger partial charge in [0.05, 0.1) is 5.39 Å². The summed E-state index contributed by atoms with van der Waals surface area (Å²) in [5.41, 5.74) is 7.33. The van der Waals surface area contributed by atoms with Crippen molar-refractivity contribution >= 4 is 65.2 Å². The first kappa shape index (κ1) is 29.5. The molecule has 0 radical (unpaired) electrons. The lowest BCUT2D eigenvalue weighted by atomic mass is 9.94. The van der Waals surface area contributed by atoms with Gasteiger partial charge < -0.3 is 4.42 Å². The summed E-state index contributed by atoms with van der Waals surface area (Å²) in [6.07, 6.45) is 1.88. The number of pyridine rings is 1. The molecule has 0 fully saturated rings. The normalized spacial score (nSPS) is 11.8. The van der Waals surface area contributed by atoms with Gasteiger partial charge in [-0.3, -0.25) is 4.98 Å². The first-order valence-corrected chi connectivity index (χ1v) is 17.7. The van der Waals surface area contributed by atoms with E-state index in [-0.39, 0.29) is 0 Å². The molecule has 0 spiro atoms. The predicted octanol–water partition coefficient (Wildman–Crippen LogP) is 12.4. The molecule has 11 rings (SSSR count). The van der Waals surface area contributed by atoms with Crippen LogP contribution >= 0.6 is 0 Å². The van der Waals surface area contributed by atoms with E-state index in [1.54, 1.807) is 0 Å². The summed E-state index contributed by atoms with van der Waals surface area (Å²) in [4.78, 5) is 20.4. The third-order valence-corrected chi connectivity index (χ3v) is 10.4. The van der Waals surface area contributed by atoms with E-state index in [0.29, 0.717) is 17.5 Å². The van der Waals surface area contributed by atoms with Crippen LogP contribution in [0, 0.1) is 0 Å². The van der Waals surface area contributed by atoms with Crippen molar-refractivity contribution in [2.24, 2.45) is 0 Å². The highest BCUT2D eigenvalue weighted by molar-refractivity contribution is 6.20. The average Bonchev–Trinajstić information content (AvgIpc) is 3.63. The van der Waals surface area contributed by atoms with Crippen molar-refractivity contribution in [3.05, 3.63) is 170 Å². The van der Waals surface area contributed by atoms with Crippen LogP contribution in [0.25, 0.3) is 110 Å². The second-order valence-electron chi connectivity index (χ2n) is 13.4. The predicted molar refractivity (Wildman–Crippen MR) is 217 cm³/mol. The zero-order valence-electron chi connectivity index (χ0n) is 28.4. The Hall–Kier alpha value is -7.24. The van der Waals surface area contributed by atoms with E-state index in [4.69, 9.17) is 24.4 Å². The van der Waals surface area contributed by atoms with E-state index in [9.17, 15) is 0 Å². The molecule has 3 heterocycles. The summed E-state index contributed by atoms with van der Waals surface area (Å²) >= 11 is 0. The zero-order valence-corrected chi connectivity index (χ0v) is 28.4. The fraction of sp³-hybridized carbons (Fsp3) is 0. The first-order valence-electron chi connectivity index (χ1n) is 17.7. The van der Waals surface area contributed by atoms with Crippen LogP contribution in [-0.2, 0) is 0 Å². The lowest BCUT2D eigenvalue weighted by Crippen LogP contribution is -2.01. The third kappa shape index (κ3) is 4.64. The van der Waals surface area contributed by atoms with E-state index in [2.05, 4.69) is 121 Å². The third-order valence-electron chi connectivity index (χ3n) is 10.4. The maximum Gasteiger partial charge on any atom is 0.164 e. The molecule has 5 heteroatoms. The quantitative estimate of drug-likeness (QED) is 0.174. The summed E-state index contributed by atoms with van der Waals surface area (Å²) in [5.74, 6) is 1.87. The van der Waals surface area contributed by atoms with Gasteiger partial charge in [0.1, 0.15) is 11.1 Å². The molecule has 3 aromatic heterocycles. The first-order chi connectivity index (χ1) is 26.3. The van der Waals surface area contributed by atoms with Crippen molar-refractivity contribution in [2.75, 3.05) is 0 Å². The standard InChI is InChI=1S/C48H28N4O/c1-2-13-30(14-3-1)46-50-47(52-48(51-46)41-28-31-15-5-6-16-32(31)34-18-8-11-21-37(34)41)40-24-23-38(35-19-9-10-20-36(35)40)39-26-27-49-44-43-33-17-7-4-12-29(33)22-25-42(43)53-45(39)44/h1-28H. The van der Waals surface area contributed by atoms with Crippen molar-refractivity contribution < 1.29 is 4.42 Å². The van der Waals surface area contributed by atoms with E-state index >= 15 is 0 Å². The Morgan fingerprint density at radius 3 is 1.75 bits per heavy atom. The lowest BCUT2D eigenvalue weighted by molar-refractivity contribution is 0.669. The van der Waals surface area contributed by atoms with Gasteiger partial charge in [0.15, 0.2) is 23.1 Å². The van der Waals surface area contributed by atoms with Gasteiger partial charge in [-0.2, -0.15) is 0 Å². The van der Waals surface area contributed by atoms with E-state index in [1.807, 2.05) is 48.7 Å². The highest BCUT2D eigenvalue weighted by Gasteiger charge is 2.21. The largest absolute Gasteiger partial charge is 0.454 e. The highest BCUT2D eigenvalue weighted by atomic mass is 16.3. The molecule has 0 atom stereocenters. The van der Waals surface area contributed by atoms with Gasteiger partial charge >= 0.3 is 0 Å². The van der Waals surface area contributed by atoms with Crippen LogP contribution in [0.3, 0.4) is 0 Å². The number of nitrogens with zero attached hydrogens (tertiary/aromatic N) is 4. The van der Waals surface area contributed by atoms with Gasteiger partial charge in [0, 0.05) is 28.5 Å². The van der Waals surface area contributed by atoms with E-state index < -0.39 is 0 Å². The Labute approximate surface area is 303 Å². The van der Waals surface area contributed by atoms with Gasteiger partial charge in [-0.1, -0.05) is 140 Å². The number of furan rings is 1. The van der Waals surface area contributed by atoms with Crippen LogP contribution in [0.5, 0.6) is 0 Å². The van der Waals surface area contributed by atoms with Gasteiger partial charge in [0.25, 0.3) is 0 Å². The second-order valence-corrected chi connectivity index (χ2v) is 13.4. The molecule has 53 heavy (non-hydrogen) atoms. The summed E-state index contributed by atoms with van der Waals surface area (Å²) in [7, 11) is 0. The Bertz CT molecular complexity index is 3240. The monoisotopic (exact) mass is 676 g/mol. The average molecular weight is 677 g/mol. The fourth-order valence-electron chi connectivity index (χ4n) is 7.93. The molecule has 0 amide bonds. The van der Waals surface area contributed by atoms with Crippen molar-refractivity contribution in [1.82, 2.24) is 19.9 Å². The maximum absolute atomic E-state index is 6.61. The van der Waals surface area contributed by atoms with Crippen LogP contribution < -0.4 is 0 Å². The Morgan fingerprint density at radius 2 is 0.962 bits per heavy atom. The molecule has 0 saturated carbocycles. The summed E-state index contributed by atoms with van der Waals surface area (Å²) in [6.45, 7) is 0. The minimum Gasteiger partial charge on any atom is -0.454 e. The number of fused-ring (bicyclic) bond motifs is 9. The van der Waals surface area contributed by atoms with Crippen molar-refractivity contribution in [2.45, 2.75) is 0 Å². The topological polar surface area (TPSA) is 64.7 Å². The highest BCUT2D eigenvalue weighted by Crippen LogP contribution is 2.42. The zero-order chi connectivity index (χ0) is 34.9. The SMILES string of the molecule is c1ccc(-c2nc(-c3ccc(-c4ccnc5c4oc4ccc6ccccc6c45)c4ccccc34)nc(-c3cc4ccccc4c4ccccc34)n2)cc1. The Balaban J connectivity index is 1.15. The molecule has 0 N–H and O–H groups in total. The molecule has 0 aliphatic rings. The van der Waals surface area contributed by atoms with Crippen LogP contribution in [-0.4, -0.2) is 19.9 Å². The summed E-state index contributed by atoms with van der Waals surface area (Å²) in [5, 5.41) is 10.0. The number of benzene rings is 8.